The summed E-state index contributed by atoms with van der Waals surface area (Å²) in [4.78, 5) is 18.6. The highest BCUT2D eigenvalue weighted by molar-refractivity contribution is 5.92. The highest BCUT2D eigenvalue weighted by atomic mass is 19.1. The smallest absolute Gasteiger partial charge is 0.273 e. The second-order valence-corrected chi connectivity index (χ2v) is 6.66. The first-order valence-corrected chi connectivity index (χ1v) is 8.79. The summed E-state index contributed by atoms with van der Waals surface area (Å²) in [6.07, 6.45) is 4.46. The van der Waals surface area contributed by atoms with Crippen molar-refractivity contribution in [3.63, 3.8) is 0 Å². The third-order valence-corrected chi connectivity index (χ3v) is 4.55. The monoisotopic (exact) mass is 345 g/mol. The molecule has 134 valence electrons. The van der Waals surface area contributed by atoms with Gasteiger partial charge in [-0.2, -0.15) is 0 Å². The Morgan fingerprint density at radius 3 is 2.72 bits per heavy atom. The number of nitrogens with zero attached hydrogens (tertiary/aromatic N) is 2. The Morgan fingerprint density at radius 2 is 2.08 bits per heavy atom. The predicted molar refractivity (Wildman–Crippen MR) is 92.4 cm³/mol. The number of rotatable bonds is 8. The summed E-state index contributed by atoms with van der Waals surface area (Å²) in [5.41, 5.74) is 1.35. The average molecular weight is 345 g/mol. The Balaban J connectivity index is 1.66. The summed E-state index contributed by atoms with van der Waals surface area (Å²) in [6.45, 7) is 5.42. The molecule has 1 aliphatic carbocycles. The van der Waals surface area contributed by atoms with Crippen LogP contribution >= 0.6 is 0 Å². The number of carbonyl (C=O) groups is 1. The highest BCUT2D eigenvalue weighted by Crippen LogP contribution is 2.20. The van der Waals surface area contributed by atoms with E-state index in [0.717, 1.165) is 24.8 Å². The molecule has 1 aromatic heterocycles. The van der Waals surface area contributed by atoms with Crippen LogP contribution in [0.4, 0.5) is 4.39 Å². The molecular formula is C19H24FN3O2. The fourth-order valence-electron chi connectivity index (χ4n) is 2.60. The number of amides is 1. The summed E-state index contributed by atoms with van der Waals surface area (Å²) >= 11 is 0. The molecule has 6 heteroatoms. The van der Waals surface area contributed by atoms with E-state index in [1.165, 1.54) is 18.4 Å². The first-order chi connectivity index (χ1) is 12.0. The van der Waals surface area contributed by atoms with Crippen LogP contribution in [-0.4, -0.2) is 27.9 Å². The molecule has 1 heterocycles. The van der Waals surface area contributed by atoms with Crippen molar-refractivity contribution in [2.45, 2.75) is 58.3 Å². The van der Waals surface area contributed by atoms with Crippen LogP contribution in [0.2, 0.25) is 0 Å². The van der Waals surface area contributed by atoms with Gasteiger partial charge < -0.3 is 9.73 Å². The van der Waals surface area contributed by atoms with Gasteiger partial charge >= 0.3 is 0 Å². The molecule has 1 aromatic carbocycles. The predicted octanol–water partition coefficient (Wildman–Crippen LogP) is 3.51. The number of hydrogen-bond donors (Lipinski definition) is 1. The number of nitrogens with one attached hydrogen (secondary N) is 1. The summed E-state index contributed by atoms with van der Waals surface area (Å²) in [7, 11) is 0. The lowest BCUT2D eigenvalue weighted by Gasteiger charge is -2.27. The fraction of sp³-hybridized carbons (Fsp3) is 0.474. The molecule has 1 fully saturated rings. The number of carbonyl (C=O) groups excluding carboxylic acids is 1. The van der Waals surface area contributed by atoms with Crippen molar-refractivity contribution in [1.82, 2.24) is 15.2 Å². The second-order valence-electron chi connectivity index (χ2n) is 6.66. The van der Waals surface area contributed by atoms with E-state index in [1.807, 2.05) is 0 Å². The zero-order valence-corrected chi connectivity index (χ0v) is 14.7. The van der Waals surface area contributed by atoms with Crippen LogP contribution in [0.25, 0.3) is 0 Å². The van der Waals surface area contributed by atoms with Gasteiger partial charge in [0, 0.05) is 18.6 Å². The van der Waals surface area contributed by atoms with Gasteiger partial charge in [0.2, 0.25) is 5.89 Å². The molecule has 5 nitrogen and oxygen atoms in total. The molecule has 1 aliphatic rings. The van der Waals surface area contributed by atoms with Crippen molar-refractivity contribution in [2.75, 3.05) is 0 Å². The molecule has 1 saturated carbocycles. The zero-order chi connectivity index (χ0) is 17.8. The molecule has 1 atom stereocenters. The van der Waals surface area contributed by atoms with E-state index in [-0.39, 0.29) is 11.7 Å². The van der Waals surface area contributed by atoms with E-state index in [9.17, 15) is 9.18 Å². The summed E-state index contributed by atoms with van der Waals surface area (Å²) in [6, 6.07) is 7.11. The molecule has 1 unspecified atom stereocenters. The molecule has 1 N–H and O–H groups in total. The third kappa shape index (κ3) is 4.89. The minimum Gasteiger partial charge on any atom is -0.447 e. The SMILES string of the molecule is CCC(C)N(Cc1ccc(F)cc1)Cc1nc(C(=O)NC2CC2)co1. The Bertz CT molecular complexity index is 710. The Morgan fingerprint density at radius 1 is 1.36 bits per heavy atom. The van der Waals surface area contributed by atoms with Crippen molar-refractivity contribution in [3.8, 4) is 0 Å². The number of halogens is 1. The largest absolute Gasteiger partial charge is 0.447 e. The lowest BCUT2D eigenvalue weighted by atomic mass is 10.1. The van der Waals surface area contributed by atoms with Gasteiger partial charge in [-0.05, 0) is 43.9 Å². The van der Waals surface area contributed by atoms with E-state index in [2.05, 4.69) is 29.0 Å². The van der Waals surface area contributed by atoms with E-state index < -0.39 is 0 Å². The molecule has 0 radical (unpaired) electrons. The van der Waals surface area contributed by atoms with E-state index >= 15 is 0 Å². The fourth-order valence-corrected chi connectivity index (χ4v) is 2.60. The maximum Gasteiger partial charge on any atom is 0.273 e. The standard InChI is InChI=1S/C19H24FN3O2/c1-3-13(2)23(10-14-4-6-15(20)7-5-14)11-18-22-17(12-25-18)19(24)21-16-8-9-16/h4-7,12-13,16H,3,8-11H2,1-2H3,(H,21,24). The van der Waals surface area contributed by atoms with Crippen LogP contribution < -0.4 is 5.32 Å². The zero-order valence-electron chi connectivity index (χ0n) is 14.7. The highest BCUT2D eigenvalue weighted by Gasteiger charge is 2.25. The summed E-state index contributed by atoms with van der Waals surface area (Å²) in [5, 5.41) is 2.91. The minimum absolute atomic E-state index is 0.175. The first-order valence-electron chi connectivity index (χ1n) is 8.79. The molecular weight excluding hydrogens is 321 g/mol. The number of aromatic nitrogens is 1. The molecule has 0 bridgehead atoms. The van der Waals surface area contributed by atoms with Crippen molar-refractivity contribution >= 4 is 5.91 Å². The second kappa shape index (κ2) is 7.78. The van der Waals surface area contributed by atoms with Gasteiger partial charge in [-0.3, -0.25) is 9.69 Å². The summed E-state index contributed by atoms with van der Waals surface area (Å²) < 4.78 is 18.6. The molecule has 3 rings (SSSR count). The molecule has 25 heavy (non-hydrogen) atoms. The molecule has 1 amide bonds. The number of oxazole rings is 1. The van der Waals surface area contributed by atoms with Crippen LogP contribution in [0.5, 0.6) is 0 Å². The Labute approximate surface area is 147 Å². The van der Waals surface area contributed by atoms with Gasteiger partial charge in [-0.1, -0.05) is 19.1 Å². The molecule has 2 aromatic rings. The van der Waals surface area contributed by atoms with Crippen molar-refractivity contribution in [1.29, 1.82) is 0 Å². The first kappa shape index (κ1) is 17.6. The molecule has 0 saturated heterocycles. The maximum atomic E-state index is 13.1. The van der Waals surface area contributed by atoms with E-state index in [1.54, 1.807) is 12.1 Å². The Hall–Kier alpha value is -2.21. The lowest BCUT2D eigenvalue weighted by molar-refractivity contribution is 0.0946. The maximum absolute atomic E-state index is 13.1. The number of benzene rings is 1. The molecule has 0 spiro atoms. The van der Waals surface area contributed by atoms with Crippen molar-refractivity contribution in [3.05, 3.63) is 53.5 Å². The molecule has 0 aliphatic heterocycles. The van der Waals surface area contributed by atoms with Crippen LogP contribution in [0.1, 0.15) is 55.1 Å². The topological polar surface area (TPSA) is 58.4 Å². The number of hydrogen-bond acceptors (Lipinski definition) is 4. The van der Waals surface area contributed by atoms with Crippen LogP contribution in [0, 0.1) is 5.82 Å². The van der Waals surface area contributed by atoms with Gasteiger partial charge in [-0.25, -0.2) is 9.37 Å². The van der Waals surface area contributed by atoms with Crippen LogP contribution in [-0.2, 0) is 13.1 Å². The normalized spacial score (nSPS) is 15.4. The minimum atomic E-state index is -0.238. The quantitative estimate of drug-likeness (QED) is 0.795. The average Bonchev–Trinajstić information content (AvgIpc) is 3.30. The van der Waals surface area contributed by atoms with E-state index in [4.69, 9.17) is 4.42 Å². The van der Waals surface area contributed by atoms with Gasteiger partial charge in [0.1, 0.15) is 12.1 Å². The lowest BCUT2D eigenvalue weighted by Crippen LogP contribution is -2.32. The van der Waals surface area contributed by atoms with Crippen molar-refractivity contribution < 1.29 is 13.6 Å². The third-order valence-electron chi connectivity index (χ3n) is 4.55. The van der Waals surface area contributed by atoms with Crippen LogP contribution in [0.3, 0.4) is 0 Å². The van der Waals surface area contributed by atoms with Gasteiger partial charge in [0.25, 0.3) is 5.91 Å². The Kier molecular flexibility index (Phi) is 5.48. The van der Waals surface area contributed by atoms with Crippen LogP contribution in [0.15, 0.2) is 34.9 Å². The van der Waals surface area contributed by atoms with Crippen molar-refractivity contribution in [2.24, 2.45) is 0 Å². The van der Waals surface area contributed by atoms with Gasteiger partial charge in [0.05, 0.1) is 6.54 Å². The van der Waals surface area contributed by atoms with E-state index in [0.29, 0.717) is 36.8 Å². The van der Waals surface area contributed by atoms with Gasteiger partial charge in [0.15, 0.2) is 5.69 Å². The van der Waals surface area contributed by atoms with Gasteiger partial charge in [-0.15, -0.1) is 0 Å². The summed E-state index contributed by atoms with van der Waals surface area (Å²) in [5.74, 6) is 0.104.